The lowest BCUT2D eigenvalue weighted by atomic mass is 10.2. The number of nitrogens with zero attached hydrogens (tertiary/aromatic N) is 1. The Hall–Kier alpha value is -3.68. The van der Waals surface area contributed by atoms with Gasteiger partial charge in [0.1, 0.15) is 6.54 Å². The van der Waals surface area contributed by atoms with E-state index in [-0.39, 0.29) is 12.2 Å². The van der Waals surface area contributed by atoms with Crippen molar-refractivity contribution in [3.8, 4) is 0 Å². The topological polar surface area (TPSA) is 110 Å². The Morgan fingerprint density at radius 1 is 1.11 bits per heavy atom. The second kappa shape index (κ2) is 7.69. The zero-order valence-corrected chi connectivity index (χ0v) is 14.5. The molecule has 1 heterocycles. The van der Waals surface area contributed by atoms with Crippen LogP contribution in [0.15, 0.2) is 58.1 Å². The van der Waals surface area contributed by atoms with Crippen LogP contribution in [0.5, 0.6) is 0 Å². The fourth-order valence-corrected chi connectivity index (χ4v) is 2.63. The maximum Gasteiger partial charge on any atom is 0.338 e. The van der Waals surface area contributed by atoms with Crippen molar-refractivity contribution in [2.24, 2.45) is 0 Å². The van der Waals surface area contributed by atoms with E-state index in [1.54, 1.807) is 49.4 Å². The average molecular weight is 367 g/mol. The second-order valence-corrected chi connectivity index (χ2v) is 5.72. The number of carbonyl (C=O) groups is 2. The highest BCUT2D eigenvalue weighted by Crippen LogP contribution is 2.12. The zero-order chi connectivity index (χ0) is 19.4. The Kier molecular flexibility index (Phi) is 5.16. The van der Waals surface area contributed by atoms with Crippen LogP contribution in [0.4, 0.5) is 5.69 Å². The minimum atomic E-state index is -0.672. The van der Waals surface area contributed by atoms with Crippen LogP contribution in [-0.4, -0.2) is 28.0 Å². The molecule has 138 valence electrons. The first-order valence-corrected chi connectivity index (χ1v) is 8.28. The number of para-hydroxylation sites is 1. The molecule has 0 saturated carbocycles. The molecule has 0 aliphatic rings. The van der Waals surface area contributed by atoms with Crippen LogP contribution >= 0.6 is 0 Å². The molecule has 0 fully saturated rings. The summed E-state index contributed by atoms with van der Waals surface area (Å²) in [7, 11) is 0. The summed E-state index contributed by atoms with van der Waals surface area (Å²) >= 11 is 0. The zero-order valence-electron chi connectivity index (χ0n) is 14.5. The standard InChI is InChI=1S/C19H17N3O5/c1-2-27-18(25)12-6-5-7-13(10-12)20-16(23)11-22-17(24)14-8-3-4-9-15(14)21-19(22)26/h3-10H,2,11H2,1H3,(H,20,23)(H,21,26). The Bertz CT molecular complexity index is 1130. The summed E-state index contributed by atoms with van der Waals surface area (Å²) in [4.78, 5) is 51.2. The molecule has 0 bridgehead atoms. The van der Waals surface area contributed by atoms with Crippen LogP contribution < -0.4 is 16.6 Å². The van der Waals surface area contributed by atoms with Gasteiger partial charge in [-0.3, -0.25) is 14.2 Å². The summed E-state index contributed by atoms with van der Waals surface area (Å²) in [5.41, 5.74) is -0.170. The molecule has 2 aromatic carbocycles. The van der Waals surface area contributed by atoms with Crippen LogP contribution in [0.2, 0.25) is 0 Å². The van der Waals surface area contributed by atoms with E-state index in [0.29, 0.717) is 16.6 Å². The van der Waals surface area contributed by atoms with Crippen molar-refractivity contribution >= 4 is 28.5 Å². The van der Waals surface area contributed by atoms with Crippen LogP contribution in [0.25, 0.3) is 10.9 Å². The second-order valence-electron chi connectivity index (χ2n) is 5.72. The number of H-pyrrole nitrogens is 1. The summed E-state index contributed by atoms with van der Waals surface area (Å²) in [6, 6.07) is 12.8. The molecule has 0 aliphatic heterocycles. The van der Waals surface area contributed by atoms with E-state index in [1.807, 2.05) is 0 Å². The number of rotatable bonds is 5. The molecule has 8 heteroatoms. The van der Waals surface area contributed by atoms with Gasteiger partial charge in [-0.25, -0.2) is 9.59 Å². The van der Waals surface area contributed by atoms with Crippen molar-refractivity contribution < 1.29 is 14.3 Å². The predicted octanol–water partition coefficient (Wildman–Crippen LogP) is 1.51. The molecule has 3 aromatic rings. The molecule has 0 aliphatic carbocycles. The number of benzene rings is 2. The number of hydrogen-bond donors (Lipinski definition) is 2. The molecule has 3 rings (SSSR count). The van der Waals surface area contributed by atoms with Gasteiger partial charge in [0, 0.05) is 5.69 Å². The van der Waals surface area contributed by atoms with E-state index < -0.39 is 29.7 Å². The van der Waals surface area contributed by atoms with Gasteiger partial charge in [-0.15, -0.1) is 0 Å². The molecule has 8 nitrogen and oxygen atoms in total. The minimum Gasteiger partial charge on any atom is -0.462 e. The number of aromatic nitrogens is 2. The third-order valence-electron chi connectivity index (χ3n) is 3.85. The third-order valence-corrected chi connectivity index (χ3v) is 3.85. The van der Waals surface area contributed by atoms with Gasteiger partial charge >= 0.3 is 11.7 Å². The molecular weight excluding hydrogens is 350 g/mol. The van der Waals surface area contributed by atoms with Crippen molar-refractivity contribution in [3.05, 3.63) is 74.9 Å². The smallest absolute Gasteiger partial charge is 0.338 e. The van der Waals surface area contributed by atoms with Crippen molar-refractivity contribution in [1.29, 1.82) is 0 Å². The van der Waals surface area contributed by atoms with Crippen molar-refractivity contribution in [2.75, 3.05) is 11.9 Å². The summed E-state index contributed by atoms with van der Waals surface area (Å²) in [6.45, 7) is 1.48. The van der Waals surface area contributed by atoms with Crippen LogP contribution in [0, 0.1) is 0 Å². The van der Waals surface area contributed by atoms with E-state index in [2.05, 4.69) is 10.3 Å². The number of ether oxygens (including phenoxy) is 1. The van der Waals surface area contributed by atoms with Gasteiger partial charge in [0.05, 0.1) is 23.1 Å². The summed E-state index contributed by atoms with van der Waals surface area (Å²) in [5, 5.41) is 2.89. The van der Waals surface area contributed by atoms with Crippen LogP contribution in [0.1, 0.15) is 17.3 Å². The van der Waals surface area contributed by atoms with E-state index in [9.17, 15) is 19.2 Å². The highest BCUT2D eigenvalue weighted by molar-refractivity contribution is 5.94. The first-order valence-electron chi connectivity index (χ1n) is 8.28. The Balaban J connectivity index is 1.82. The van der Waals surface area contributed by atoms with Crippen LogP contribution in [0.3, 0.4) is 0 Å². The fourth-order valence-electron chi connectivity index (χ4n) is 2.63. The molecule has 0 spiro atoms. The predicted molar refractivity (Wildman–Crippen MR) is 99.9 cm³/mol. The molecule has 1 aromatic heterocycles. The summed E-state index contributed by atoms with van der Waals surface area (Å²) in [5.74, 6) is -1.07. The van der Waals surface area contributed by atoms with Gasteiger partial charge in [0.15, 0.2) is 0 Å². The van der Waals surface area contributed by atoms with E-state index in [0.717, 1.165) is 4.57 Å². The lowest BCUT2D eigenvalue weighted by Crippen LogP contribution is -2.38. The van der Waals surface area contributed by atoms with Crippen molar-refractivity contribution in [2.45, 2.75) is 13.5 Å². The Labute approximate surface area is 153 Å². The van der Waals surface area contributed by atoms with Gasteiger partial charge in [0.2, 0.25) is 5.91 Å². The quantitative estimate of drug-likeness (QED) is 0.664. The van der Waals surface area contributed by atoms with Gasteiger partial charge in [-0.1, -0.05) is 18.2 Å². The molecule has 0 atom stereocenters. The molecule has 2 N–H and O–H groups in total. The first kappa shape index (κ1) is 18.1. The van der Waals surface area contributed by atoms with E-state index in [4.69, 9.17) is 4.74 Å². The normalized spacial score (nSPS) is 10.6. The molecule has 27 heavy (non-hydrogen) atoms. The average Bonchev–Trinajstić information content (AvgIpc) is 2.65. The molecule has 1 amide bonds. The summed E-state index contributed by atoms with van der Waals surface area (Å²) in [6.07, 6.45) is 0. The highest BCUT2D eigenvalue weighted by Gasteiger charge is 2.12. The first-order chi connectivity index (χ1) is 13.0. The van der Waals surface area contributed by atoms with Gasteiger partial charge in [-0.05, 0) is 37.3 Å². The third kappa shape index (κ3) is 3.95. The number of hydrogen-bond acceptors (Lipinski definition) is 5. The lowest BCUT2D eigenvalue weighted by molar-refractivity contribution is -0.116. The van der Waals surface area contributed by atoms with E-state index >= 15 is 0 Å². The van der Waals surface area contributed by atoms with Crippen molar-refractivity contribution in [1.82, 2.24) is 9.55 Å². The summed E-state index contributed by atoms with van der Waals surface area (Å²) < 4.78 is 5.74. The molecule has 0 unspecified atom stereocenters. The minimum absolute atomic E-state index is 0.239. The van der Waals surface area contributed by atoms with Gasteiger partial charge in [0.25, 0.3) is 5.56 Å². The van der Waals surface area contributed by atoms with Crippen LogP contribution in [-0.2, 0) is 16.1 Å². The lowest BCUT2D eigenvalue weighted by Gasteiger charge is -2.09. The number of fused-ring (bicyclic) bond motifs is 1. The number of amides is 1. The number of carbonyl (C=O) groups excluding carboxylic acids is 2. The molecule has 0 radical (unpaired) electrons. The molecule has 0 saturated heterocycles. The highest BCUT2D eigenvalue weighted by atomic mass is 16.5. The maximum atomic E-state index is 12.5. The number of esters is 1. The SMILES string of the molecule is CCOC(=O)c1cccc(NC(=O)Cn2c(=O)[nH]c3ccccc3c2=O)c1. The van der Waals surface area contributed by atoms with Gasteiger partial charge in [-0.2, -0.15) is 0 Å². The van der Waals surface area contributed by atoms with E-state index in [1.165, 1.54) is 6.07 Å². The maximum absolute atomic E-state index is 12.5. The number of aromatic amines is 1. The monoisotopic (exact) mass is 367 g/mol. The number of nitrogens with one attached hydrogen (secondary N) is 2. The number of anilines is 1. The molecular formula is C19H17N3O5. The fraction of sp³-hybridized carbons (Fsp3) is 0.158. The Morgan fingerprint density at radius 2 is 1.89 bits per heavy atom. The Morgan fingerprint density at radius 3 is 2.67 bits per heavy atom. The van der Waals surface area contributed by atoms with Crippen molar-refractivity contribution in [3.63, 3.8) is 0 Å². The largest absolute Gasteiger partial charge is 0.462 e. The van der Waals surface area contributed by atoms with Gasteiger partial charge < -0.3 is 15.0 Å².